The van der Waals surface area contributed by atoms with E-state index in [-0.39, 0.29) is 17.9 Å². The quantitative estimate of drug-likeness (QED) is 0.670. The summed E-state index contributed by atoms with van der Waals surface area (Å²) in [7, 11) is 0. The van der Waals surface area contributed by atoms with Gasteiger partial charge in [-0.25, -0.2) is 9.67 Å². The summed E-state index contributed by atoms with van der Waals surface area (Å²) in [4.78, 5) is 17.1. The van der Waals surface area contributed by atoms with Crippen molar-refractivity contribution < 1.29 is 9.53 Å². The van der Waals surface area contributed by atoms with Crippen molar-refractivity contribution in [2.75, 3.05) is 13.2 Å². The first-order chi connectivity index (χ1) is 14.1. The molecule has 1 N–H and O–H groups in total. The average molecular weight is 393 g/mol. The molecule has 1 aromatic carbocycles. The number of nitrogens with one attached hydrogen (secondary N) is 1. The molecule has 4 rings (SSSR count). The normalized spacial score (nSPS) is 19.9. The van der Waals surface area contributed by atoms with E-state index in [9.17, 15) is 4.79 Å². The zero-order valence-corrected chi connectivity index (χ0v) is 16.9. The van der Waals surface area contributed by atoms with Crippen LogP contribution in [-0.4, -0.2) is 38.4 Å². The van der Waals surface area contributed by atoms with Gasteiger partial charge in [0.1, 0.15) is 5.82 Å². The van der Waals surface area contributed by atoms with Gasteiger partial charge in [-0.05, 0) is 31.4 Å². The summed E-state index contributed by atoms with van der Waals surface area (Å²) in [6, 6.07) is 9.93. The third kappa shape index (κ3) is 4.40. The first-order valence-electron chi connectivity index (χ1n) is 10.1. The fourth-order valence-corrected chi connectivity index (χ4v) is 3.80. The molecule has 1 saturated heterocycles. The zero-order valence-electron chi connectivity index (χ0n) is 16.9. The van der Waals surface area contributed by atoms with E-state index in [1.807, 2.05) is 54.3 Å². The first kappa shape index (κ1) is 19.4. The van der Waals surface area contributed by atoms with Gasteiger partial charge in [0.25, 0.3) is 0 Å². The highest BCUT2D eigenvalue weighted by molar-refractivity contribution is 5.79. The zero-order chi connectivity index (χ0) is 20.2. The van der Waals surface area contributed by atoms with Crippen molar-refractivity contribution in [2.45, 2.75) is 32.9 Å². The molecule has 1 fully saturated rings. The molecule has 0 saturated carbocycles. The number of benzene rings is 1. The molecule has 29 heavy (non-hydrogen) atoms. The number of para-hydroxylation sites is 1. The minimum atomic E-state index is -0.251. The molecule has 2 aromatic heterocycles. The number of nitrogens with zero attached hydrogens (tertiary/aromatic N) is 4. The van der Waals surface area contributed by atoms with Crippen molar-refractivity contribution in [1.29, 1.82) is 0 Å². The number of aryl methyl sites for hydroxylation is 1. The number of hydrogen-bond donors (Lipinski definition) is 1. The van der Waals surface area contributed by atoms with Crippen LogP contribution in [0.2, 0.25) is 0 Å². The second kappa shape index (κ2) is 8.61. The van der Waals surface area contributed by atoms with Crippen molar-refractivity contribution in [3.8, 4) is 5.69 Å². The molecule has 0 unspecified atom stereocenters. The topological polar surface area (TPSA) is 74.0 Å². The maximum absolute atomic E-state index is 12.8. The molecule has 0 aliphatic carbocycles. The van der Waals surface area contributed by atoms with E-state index in [1.165, 1.54) is 0 Å². The van der Waals surface area contributed by atoms with Gasteiger partial charge in [0.15, 0.2) is 0 Å². The Balaban J connectivity index is 1.36. The number of ether oxygens (including phenoxy) is 1. The molecule has 3 atom stereocenters. The Morgan fingerprint density at radius 2 is 2.17 bits per heavy atom. The molecule has 0 spiro atoms. The van der Waals surface area contributed by atoms with Gasteiger partial charge in [0, 0.05) is 43.9 Å². The minimum absolute atomic E-state index is 0.0502. The summed E-state index contributed by atoms with van der Waals surface area (Å²) in [5, 5.41) is 7.56. The van der Waals surface area contributed by atoms with Crippen LogP contribution >= 0.6 is 0 Å². The molecule has 7 heteroatoms. The molecule has 0 radical (unpaired) electrons. The Bertz CT molecular complexity index is 949. The minimum Gasteiger partial charge on any atom is -0.373 e. The Labute approximate surface area is 170 Å². The molecular weight excluding hydrogens is 366 g/mol. The van der Waals surface area contributed by atoms with Crippen LogP contribution in [0.3, 0.4) is 0 Å². The Morgan fingerprint density at radius 1 is 1.34 bits per heavy atom. The Hall–Kier alpha value is -2.93. The van der Waals surface area contributed by atoms with E-state index in [0.717, 1.165) is 30.0 Å². The summed E-state index contributed by atoms with van der Waals surface area (Å²) in [6.07, 6.45) is 8.00. The van der Waals surface area contributed by atoms with E-state index in [2.05, 4.69) is 26.9 Å². The van der Waals surface area contributed by atoms with E-state index >= 15 is 0 Å². The molecule has 0 bridgehead atoms. The summed E-state index contributed by atoms with van der Waals surface area (Å²) < 4.78 is 9.83. The van der Waals surface area contributed by atoms with Gasteiger partial charge in [-0.2, -0.15) is 5.10 Å². The van der Waals surface area contributed by atoms with Gasteiger partial charge in [-0.3, -0.25) is 4.79 Å². The second-order valence-corrected chi connectivity index (χ2v) is 7.72. The number of aromatic nitrogens is 4. The molecule has 1 aliphatic heterocycles. The van der Waals surface area contributed by atoms with Crippen molar-refractivity contribution in [3.05, 3.63) is 66.5 Å². The van der Waals surface area contributed by atoms with E-state index in [4.69, 9.17) is 4.74 Å². The van der Waals surface area contributed by atoms with E-state index in [1.54, 1.807) is 12.4 Å². The highest BCUT2D eigenvalue weighted by atomic mass is 16.5. The van der Waals surface area contributed by atoms with E-state index in [0.29, 0.717) is 19.1 Å². The highest BCUT2D eigenvalue weighted by Crippen LogP contribution is 2.34. The van der Waals surface area contributed by atoms with E-state index < -0.39 is 0 Å². The van der Waals surface area contributed by atoms with Gasteiger partial charge in [0.05, 0.1) is 23.9 Å². The van der Waals surface area contributed by atoms with Crippen molar-refractivity contribution in [2.24, 2.45) is 11.8 Å². The van der Waals surface area contributed by atoms with Gasteiger partial charge in [0.2, 0.25) is 5.91 Å². The third-order valence-corrected chi connectivity index (χ3v) is 5.44. The predicted molar refractivity (Wildman–Crippen MR) is 110 cm³/mol. The second-order valence-electron chi connectivity index (χ2n) is 7.72. The number of amides is 1. The molecular formula is C22H27N5O2. The number of imidazole rings is 1. The number of rotatable bonds is 7. The summed E-state index contributed by atoms with van der Waals surface area (Å²) >= 11 is 0. The van der Waals surface area contributed by atoms with Crippen LogP contribution in [0, 0.1) is 18.8 Å². The van der Waals surface area contributed by atoms with Gasteiger partial charge < -0.3 is 14.6 Å². The van der Waals surface area contributed by atoms with Crippen LogP contribution in [0.25, 0.3) is 5.69 Å². The maximum Gasteiger partial charge on any atom is 0.226 e. The van der Waals surface area contributed by atoms with Crippen LogP contribution < -0.4 is 5.32 Å². The van der Waals surface area contributed by atoms with Crippen molar-refractivity contribution in [3.63, 3.8) is 0 Å². The van der Waals surface area contributed by atoms with Crippen LogP contribution in [0.15, 0.2) is 55.1 Å². The summed E-state index contributed by atoms with van der Waals surface area (Å²) in [5.74, 6) is 1.16. The lowest BCUT2D eigenvalue weighted by Gasteiger charge is -2.19. The number of hydrogen-bond acceptors (Lipinski definition) is 4. The fraction of sp³-hybridized carbons (Fsp3) is 0.409. The number of carbonyl (C=O) groups is 1. The largest absolute Gasteiger partial charge is 0.373 e. The van der Waals surface area contributed by atoms with Crippen LogP contribution in [0.4, 0.5) is 0 Å². The predicted octanol–water partition coefficient (Wildman–Crippen LogP) is 2.91. The van der Waals surface area contributed by atoms with Crippen LogP contribution in [-0.2, 0) is 16.1 Å². The van der Waals surface area contributed by atoms with Crippen LogP contribution in [0.5, 0.6) is 0 Å². The lowest BCUT2D eigenvalue weighted by Crippen LogP contribution is -2.36. The molecule has 3 heterocycles. The monoisotopic (exact) mass is 393 g/mol. The maximum atomic E-state index is 12.8. The molecule has 152 valence electrons. The van der Waals surface area contributed by atoms with Crippen molar-refractivity contribution >= 4 is 5.91 Å². The SMILES string of the molecule is Cc1nccn1C[C@H](C)CNC(=O)[C@H]1CCO[C@@H]1c1cnn(-c2ccccc2)c1. The van der Waals surface area contributed by atoms with Crippen molar-refractivity contribution in [1.82, 2.24) is 24.6 Å². The first-order valence-corrected chi connectivity index (χ1v) is 10.1. The Morgan fingerprint density at radius 3 is 2.93 bits per heavy atom. The molecule has 1 aliphatic rings. The Kier molecular flexibility index (Phi) is 5.76. The molecule has 3 aromatic rings. The highest BCUT2D eigenvalue weighted by Gasteiger charge is 2.36. The van der Waals surface area contributed by atoms with Gasteiger partial charge in [-0.1, -0.05) is 25.1 Å². The molecule has 7 nitrogen and oxygen atoms in total. The standard InChI is InChI=1S/C22H27N5O2/c1-16(14-26-10-9-23-17(26)2)12-24-22(28)20-8-11-29-21(20)18-13-25-27(15-18)19-6-4-3-5-7-19/h3-7,9-10,13,15-16,20-21H,8,11-12,14H2,1-2H3,(H,24,28)/t16-,20+,21-/m1/s1. The van der Waals surface area contributed by atoms with Crippen LogP contribution in [0.1, 0.15) is 30.8 Å². The molecule has 1 amide bonds. The smallest absolute Gasteiger partial charge is 0.226 e. The summed E-state index contributed by atoms with van der Waals surface area (Å²) in [5.41, 5.74) is 1.93. The lowest BCUT2D eigenvalue weighted by molar-refractivity contribution is -0.127. The van der Waals surface area contributed by atoms with Gasteiger partial charge in [-0.15, -0.1) is 0 Å². The summed E-state index contributed by atoms with van der Waals surface area (Å²) in [6.45, 7) is 6.17. The fourth-order valence-electron chi connectivity index (χ4n) is 3.80. The average Bonchev–Trinajstić information content (AvgIpc) is 3.48. The van der Waals surface area contributed by atoms with Gasteiger partial charge >= 0.3 is 0 Å². The third-order valence-electron chi connectivity index (χ3n) is 5.44. The lowest BCUT2D eigenvalue weighted by atomic mass is 9.96. The number of carbonyl (C=O) groups excluding carboxylic acids is 1.